The topological polar surface area (TPSA) is 175 Å². The number of alkyl halides is 1. The third kappa shape index (κ3) is 8.09. The van der Waals surface area contributed by atoms with Crippen molar-refractivity contribution in [2.24, 2.45) is 0 Å². The van der Waals surface area contributed by atoms with Crippen LogP contribution in [0.2, 0.25) is 0 Å². The zero-order chi connectivity index (χ0) is 42.4. The number of urea groups is 1. The molecule has 9 rings (SSSR count). The van der Waals surface area contributed by atoms with Gasteiger partial charge in [-0.05, 0) is 73.7 Å². The Hall–Kier alpha value is -6.13. The molecule has 1 atom stereocenters. The minimum Gasteiger partial charge on any atom is -0.507 e. The van der Waals surface area contributed by atoms with Crippen LogP contribution in [0, 0.1) is 13.8 Å². The number of fused-ring (bicyclic) bond motifs is 1. The third-order valence-electron chi connectivity index (χ3n) is 12.9. The van der Waals surface area contributed by atoms with Gasteiger partial charge in [-0.25, -0.2) is 14.2 Å². The number of para-hydroxylation sites is 1. The molecule has 0 aliphatic carbocycles. The molecule has 61 heavy (non-hydrogen) atoms. The number of imide groups is 1. The number of aromatic hydroxyl groups is 1. The highest BCUT2D eigenvalue weighted by atomic mass is 19.1. The maximum atomic E-state index is 16.4. The Morgan fingerprint density at radius 2 is 1.77 bits per heavy atom. The summed E-state index contributed by atoms with van der Waals surface area (Å²) in [5.74, 6) is 0.0433. The van der Waals surface area contributed by atoms with Crippen LogP contribution in [0.25, 0.3) is 22.3 Å². The summed E-state index contributed by atoms with van der Waals surface area (Å²) < 4.78 is 24.8. The van der Waals surface area contributed by atoms with E-state index < -0.39 is 11.7 Å². The van der Waals surface area contributed by atoms with Crippen molar-refractivity contribution < 1.29 is 28.6 Å². The number of rotatable bonds is 8. The monoisotopic (exact) mass is 830 g/mol. The van der Waals surface area contributed by atoms with E-state index in [1.54, 1.807) is 34.2 Å². The number of anilines is 3. The normalized spacial score (nSPS) is 20.3. The van der Waals surface area contributed by atoms with Gasteiger partial charge in [0.05, 0.1) is 29.9 Å². The molecule has 318 valence electrons. The number of nitrogens with one attached hydrogen (secondary N) is 1. The highest BCUT2D eigenvalue weighted by Crippen LogP contribution is 2.36. The van der Waals surface area contributed by atoms with Crippen molar-refractivity contribution in [3.63, 3.8) is 0 Å². The maximum Gasteiger partial charge on any atom is 0.328 e. The van der Waals surface area contributed by atoms with E-state index in [4.69, 9.17) is 15.5 Å². The minimum absolute atomic E-state index is 0.0882. The molecule has 0 unspecified atom stereocenters. The van der Waals surface area contributed by atoms with E-state index in [2.05, 4.69) is 36.1 Å². The lowest BCUT2D eigenvalue weighted by Crippen LogP contribution is -2.51. The molecule has 0 bridgehead atoms. The van der Waals surface area contributed by atoms with Crippen LogP contribution in [0.5, 0.6) is 5.75 Å². The van der Waals surface area contributed by atoms with E-state index in [9.17, 15) is 19.5 Å². The fourth-order valence-corrected chi connectivity index (χ4v) is 9.38. The summed E-state index contributed by atoms with van der Waals surface area (Å²) in [6, 6.07) is 16.4. The minimum atomic E-state index is -1.37. The van der Waals surface area contributed by atoms with Gasteiger partial charge in [0.15, 0.2) is 5.82 Å². The first-order valence-electron chi connectivity index (χ1n) is 21.1. The molecular weight excluding hydrogens is 780 g/mol. The molecule has 4 amide bonds. The SMILES string of the molecule is Cc1cc([C@@H]2CN(c3cc(-c4ccccc4O)nnc3N)CCO2)ccc1C(=O)N1CCC(F)(CN2CCC(n3cc(C)c4cc(N5CCC(=O)NC5=O)cnc43)CC2)CC1. The van der Waals surface area contributed by atoms with Crippen LogP contribution in [0.4, 0.5) is 26.4 Å². The van der Waals surface area contributed by atoms with Gasteiger partial charge in [0.2, 0.25) is 5.91 Å². The Kier molecular flexibility index (Phi) is 10.8. The van der Waals surface area contributed by atoms with Crippen molar-refractivity contribution >= 4 is 46.1 Å². The van der Waals surface area contributed by atoms with Crippen molar-refractivity contribution in [3.8, 4) is 17.0 Å². The summed E-state index contributed by atoms with van der Waals surface area (Å²) in [4.78, 5) is 50.3. The van der Waals surface area contributed by atoms with Gasteiger partial charge < -0.3 is 34.8 Å². The largest absolute Gasteiger partial charge is 0.507 e. The second-order valence-electron chi connectivity index (χ2n) is 16.9. The number of aromatic nitrogens is 4. The number of nitrogens with zero attached hydrogens (tertiary/aromatic N) is 8. The van der Waals surface area contributed by atoms with Gasteiger partial charge >= 0.3 is 6.03 Å². The standard InChI is InChI=1S/C45H51FN10O5/c1-28-21-30(39-26-54(19-20-61-39)37-23-36(50-51-41(37)47)34-5-3-4-6-38(34)57)7-8-33(28)43(59)53-17-12-45(46,13-18-53)27-52-14-9-31(10-15-52)56-25-29(2)35-22-32(24-48-42(35)56)55-16-11-40(58)49-44(55)60/h3-8,21-25,31,39,57H,9-20,26-27H2,1-2H3,(H2,47,51)(H,49,58,60)/t39-/m0/s1. The lowest BCUT2D eigenvalue weighted by atomic mass is 9.90. The summed E-state index contributed by atoms with van der Waals surface area (Å²) in [6.45, 7) is 8.45. The zero-order valence-electron chi connectivity index (χ0n) is 34.5. The number of hydrogen-bond donors (Lipinski definition) is 3. The van der Waals surface area contributed by atoms with E-state index in [0.717, 1.165) is 53.7 Å². The van der Waals surface area contributed by atoms with Crippen LogP contribution < -0.4 is 20.9 Å². The van der Waals surface area contributed by atoms with Crippen LogP contribution in [0.1, 0.15) is 71.3 Å². The fourth-order valence-electron chi connectivity index (χ4n) is 9.38. The first kappa shape index (κ1) is 40.3. The molecule has 4 aliphatic rings. The number of benzene rings is 2. The highest BCUT2D eigenvalue weighted by Gasteiger charge is 2.39. The lowest BCUT2D eigenvalue weighted by molar-refractivity contribution is -0.120. The van der Waals surface area contributed by atoms with Crippen LogP contribution >= 0.6 is 0 Å². The summed E-state index contributed by atoms with van der Waals surface area (Å²) in [5, 5.41) is 22.1. The molecule has 5 aromatic rings. The number of amides is 4. The maximum absolute atomic E-state index is 16.4. The average molecular weight is 831 g/mol. The molecule has 4 saturated heterocycles. The van der Waals surface area contributed by atoms with Gasteiger partial charge in [-0.15, -0.1) is 10.2 Å². The number of carbonyl (C=O) groups excluding carboxylic acids is 3. The number of phenols is 1. The Morgan fingerprint density at radius 3 is 2.52 bits per heavy atom. The number of halogens is 1. The van der Waals surface area contributed by atoms with Crippen LogP contribution in [0.15, 0.2) is 67.0 Å². The van der Waals surface area contributed by atoms with Gasteiger partial charge in [0, 0.05) is 100 Å². The molecule has 2 aromatic carbocycles. The van der Waals surface area contributed by atoms with Crippen LogP contribution in [-0.4, -0.2) is 117 Å². The van der Waals surface area contributed by atoms with E-state index >= 15 is 4.39 Å². The number of pyridine rings is 1. The molecular formula is C45H51FN10O5. The molecule has 4 fully saturated rings. The molecule has 0 saturated carbocycles. The summed E-state index contributed by atoms with van der Waals surface area (Å²) >= 11 is 0. The number of morpholine rings is 1. The summed E-state index contributed by atoms with van der Waals surface area (Å²) in [5.41, 5.74) is 11.7. The van der Waals surface area contributed by atoms with E-state index in [0.29, 0.717) is 79.9 Å². The number of likely N-dealkylation sites (tertiary alicyclic amines) is 2. The van der Waals surface area contributed by atoms with Crippen molar-refractivity contribution in [1.82, 2.24) is 34.9 Å². The molecule has 4 N–H and O–H groups in total. The first-order valence-corrected chi connectivity index (χ1v) is 21.1. The van der Waals surface area contributed by atoms with Crippen molar-refractivity contribution in [2.45, 2.75) is 63.8 Å². The number of nitrogens with two attached hydrogens (primary N) is 1. The van der Waals surface area contributed by atoms with Crippen molar-refractivity contribution in [3.05, 3.63) is 89.2 Å². The molecule has 0 radical (unpaired) electrons. The van der Waals surface area contributed by atoms with Gasteiger partial charge in [0.1, 0.15) is 23.2 Å². The van der Waals surface area contributed by atoms with Crippen LogP contribution in [0.3, 0.4) is 0 Å². The average Bonchev–Trinajstić information content (AvgIpc) is 3.59. The predicted octanol–water partition coefficient (Wildman–Crippen LogP) is 5.70. The highest BCUT2D eigenvalue weighted by molar-refractivity contribution is 6.06. The van der Waals surface area contributed by atoms with Gasteiger partial charge in [-0.1, -0.05) is 24.3 Å². The Morgan fingerprint density at radius 1 is 0.984 bits per heavy atom. The summed E-state index contributed by atoms with van der Waals surface area (Å²) in [7, 11) is 0. The zero-order valence-corrected chi connectivity index (χ0v) is 34.5. The van der Waals surface area contributed by atoms with E-state index in [-0.39, 0.29) is 49.0 Å². The number of piperidine rings is 2. The molecule has 15 nitrogen and oxygen atoms in total. The van der Waals surface area contributed by atoms with Crippen molar-refractivity contribution in [2.75, 3.05) is 74.5 Å². The number of nitrogen functional groups attached to an aromatic ring is 1. The van der Waals surface area contributed by atoms with Gasteiger partial charge in [-0.3, -0.25) is 19.8 Å². The van der Waals surface area contributed by atoms with Gasteiger partial charge in [0.25, 0.3) is 5.91 Å². The fraction of sp³-hybridized carbons (Fsp3) is 0.422. The van der Waals surface area contributed by atoms with E-state index in [1.807, 2.05) is 50.2 Å². The van der Waals surface area contributed by atoms with Gasteiger partial charge in [-0.2, -0.15) is 0 Å². The quantitative estimate of drug-likeness (QED) is 0.175. The number of aryl methyl sites for hydroxylation is 2. The molecule has 7 heterocycles. The molecule has 4 aliphatic heterocycles. The number of phenolic OH excluding ortho intramolecular Hbond substituents is 1. The molecule has 16 heteroatoms. The Balaban J connectivity index is 0.781. The third-order valence-corrected chi connectivity index (χ3v) is 12.9. The predicted molar refractivity (Wildman–Crippen MR) is 229 cm³/mol. The van der Waals surface area contributed by atoms with Crippen LogP contribution in [-0.2, 0) is 9.53 Å². The Bertz CT molecular complexity index is 2500. The molecule has 0 spiro atoms. The lowest BCUT2D eigenvalue weighted by Gasteiger charge is -2.41. The Labute approximate surface area is 353 Å². The van der Waals surface area contributed by atoms with Crippen molar-refractivity contribution in [1.29, 1.82) is 0 Å². The second-order valence-corrected chi connectivity index (χ2v) is 16.9. The molecule has 3 aromatic heterocycles. The number of carbonyl (C=O) groups is 3. The number of ether oxygens (including phenoxy) is 1. The van der Waals surface area contributed by atoms with E-state index in [1.165, 1.54) is 0 Å². The summed E-state index contributed by atoms with van der Waals surface area (Å²) in [6.07, 6.45) is 6.09. The smallest absolute Gasteiger partial charge is 0.328 e. The second kappa shape index (κ2) is 16.4. The number of hydrogen-bond acceptors (Lipinski definition) is 11. The first-order chi connectivity index (χ1) is 29.4.